The first kappa shape index (κ1) is 11.6. The van der Waals surface area contributed by atoms with Gasteiger partial charge in [0.2, 0.25) is 5.78 Å². The van der Waals surface area contributed by atoms with Crippen LogP contribution in [0.3, 0.4) is 0 Å². The zero-order chi connectivity index (χ0) is 12.4. The van der Waals surface area contributed by atoms with Crippen molar-refractivity contribution in [2.24, 2.45) is 5.73 Å². The minimum Gasteiger partial charge on any atom is -0.456 e. The number of benzene rings is 1. The van der Waals surface area contributed by atoms with Gasteiger partial charge in [0.25, 0.3) is 0 Å². The number of nitrogens with two attached hydrogens (primary N) is 1. The Morgan fingerprint density at radius 1 is 1.24 bits per heavy atom. The van der Waals surface area contributed by atoms with Crippen LogP contribution < -0.4 is 5.73 Å². The molecule has 0 unspecified atom stereocenters. The van der Waals surface area contributed by atoms with Gasteiger partial charge in [0.15, 0.2) is 5.76 Å². The van der Waals surface area contributed by atoms with Crippen LogP contribution in [0, 0.1) is 13.8 Å². The molecule has 2 aromatic rings. The summed E-state index contributed by atoms with van der Waals surface area (Å²) >= 11 is 0. The van der Waals surface area contributed by atoms with Crippen molar-refractivity contribution >= 4 is 5.78 Å². The molecule has 0 aliphatic carbocycles. The molecule has 0 saturated carbocycles. The molecule has 0 amide bonds. The van der Waals surface area contributed by atoms with Gasteiger partial charge >= 0.3 is 0 Å². The second-order valence-electron chi connectivity index (χ2n) is 4.05. The highest BCUT2D eigenvalue weighted by Crippen LogP contribution is 2.18. The van der Waals surface area contributed by atoms with Gasteiger partial charge in [0.1, 0.15) is 5.76 Å². The number of carbonyl (C=O) groups is 1. The smallest absolute Gasteiger partial charge is 0.228 e. The van der Waals surface area contributed by atoms with Crippen LogP contribution in [0.2, 0.25) is 0 Å². The summed E-state index contributed by atoms with van der Waals surface area (Å²) in [7, 11) is 0. The molecular weight excluding hydrogens is 214 g/mol. The van der Waals surface area contributed by atoms with Gasteiger partial charge in [-0.05, 0) is 37.1 Å². The van der Waals surface area contributed by atoms with Crippen LogP contribution >= 0.6 is 0 Å². The number of aryl methyl sites for hydroxylation is 1. The molecule has 17 heavy (non-hydrogen) atoms. The zero-order valence-corrected chi connectivity index (χ0v) is 9.99. The zero-order valence-electron chi connectivity index (χ0n) is 9.99. The number of furan rings is 1. The third kappa shape index (κ3) is 2.15. The van der Waals surface area contributed by atoms with Crippen LogP contribution in [-0.4, -0.2) is 5.78 Å². The van der Waals surface area contributed by atoms with Crippen molar-refractivity contribution in [3.63, 3.8) is 0 Å². The molecule has 0 saturated heterocycles. The highest BCUT2D eigenvalue weighted by Gasteiger charge is 2.15. The Balaban J connectivity index is 2.40. The molecular formula is C14H15NO2. The molecule has 3 nitrogen and oxygen atoms in total. The minimum absolute atomic E-state index is 0.0918. The maximum atomic E-state index is 12.2. The molecule has 88 valence electrons. The van der Waals surface area contributed by atoms with Gasteiger partial charge in [0.05, 0.1) is 6.54 Å². The van der Waals surface area contributed by atoms with Crippen molar-refractivity contribution in [2.45, 2.75) is 20.4 Å². The van der Waals surface area contributed by atoms with Crippen LogP contribution in [0.1, 0.15) is 33.0 Å². The van der Waals surface area contributed by atoms with E-state index in [9.17, 15) is 4.79 Å². The molecule has 2 N–H and O–H groups in total. The highest BCUT2D eigenvalue weighted by molar-refractivity contribution is 6.08. The Hall–Kier alpha value is -1.87. The molecule has 0 radical (unpaired) electrons. The van der Waals surface area contributed by atoms with Gasteiger partial charge in [-0.3, -0.25) is 4.79 Å². The molecule has 1 aromatic heterocycles. The molecule has 0 spiro atoms. The Bertz CT molecular complexity index is 555. The van der Waals surface area contributed by atoms with Gasteiger partial charge in [-0.15, -0.1) is 0 Å². The van der Waals surface area contributed by atoms with Gasteiger partial charge in [-0.1, -0.05) is 18.2 Å². The van der Waals surface area contributed by atoms with E-state index < -0.39 is 0 Å². The fraction of sp³-hybridized carbons (Fsp3) is 0.214. The van der Waals surface area contributed by atoms with Crippen LogP contribution in [0.5, 0.6) is 0 Å². The summed E-state index contributed by atoms with van der Waals surface area (Å²) in [6, 6.07) is 9.09. The Kier molecular flexibility index (Phi) is 3.11. The Morgan fingerprint density at radius 3 is 2.65 bits per heavy atom. The number of ketones is 1. The Morgan fingerprint density at radius 2 is 2.00 bits per heavy atom. The number of hydrogen-bond donors (Lipinski definition) is 1. The van der Waals surface area contributed by atoms with E-state index in [1.165, 1.54) is 0 Å². The lowest BCUT2D eigenvalue weighted by Crippen LogP contribution is -2.03. The lowest BCUT2D eigenvalue weighted by atomic mass is 9.99. The average Bonchev–Trinajstić information content (AvgIpc) is 2.80. The molecule has 0 atom stereocenters. The predicted molar refractivity (Wildman–Crippen MR) is 65.9 cm³/mol. The fourth-order valence-electron chi connectivity index (χ4n) is 1.74. The molecule has 0 fully saturated rings. The first-order valence-electron chi connectivity index (χ1n) is 5.53. The second kappa shape index (κ2) is 4.55. The van der Waals surface area contributed by atoms with Crippen molar-refractivity contribution in [2.75, 3.05) is 0 Å². The maximum absolute atomic E-state index is 12.2. The first-order valence-corrected chi connectivity index (χ1v) is 5.53. The van der Waals surface area contributed by atoms with Crippen LogP contribution in [0.4, 0.5) is 0 Å². The molecule has 0 bridgehead atoms. The molecule has 3 heteroatoms. The number of hydrogen-bond acceptors (Lipinski definition) is 3. The topological polar surface area (TPSA) is 56.2 Å². The van der Waals surface area contributed by atoms with E-state index in [1.54, 1.807) is 12.1 Å². The van der Waals surface area contributed by atoms with Gasteiger partial charge in [-0.2, -0.15) is 0 Å². The predicted octanol–water partition coefficient (Wildman–Crippen LogP) is 2.59. The lowest BCUT2D eigenvalue weighted by molar-refractivity contribution is 0.101. The lowest BCUT2D eigenvalue weighted by Gasteiger charge is -2.05. The summed E-state index contributed by atoms with van der Waals surface area (Å²) < 4.78 is 5.37. The van der Waals surface area contributed by atoms with Crippen molar-refractivity contribution < 1.29 is 9.21 Å². The van der Waals surface area contributed by atoms with Crippen molar-refractivity contribution in [3.05, 3.63) is 58.5 Å². The summed E-state index contributed by atoms with van der Waals surface area (Å²) in [5.41, 5.74) is 8.22. The van der Waals surface area contributed by atoms with E-state index in [0.717, 1.165) is 11.1 Å². The quantitative estimate of drug-likeness (QED) is 0.823. The van der Waals surface area contributed by atoms with Gasteiger partial charge < -0.3 is 10.2 Å². The van der Waals surface area contributed by atoms with Crippen molar-refractivity contribution in [3.8, 4) is 0 Å². The Labute approximate surface area is 100 Å². The van der Waals surface area contributed by atoms with Crippen molar-refractivity contribution in [1.29, 1.82) is 0 Å². The van der Waals surface area contributed by atoms with Crippen molar-refractivity contribution in [1.82, 2.24) is 0 Å². The van der Waals surface area contributed by atoms with E-state index >= 15 is 0 Å². The molecule has 1 aromatic carbocycles. The SMILES string of the molecule is Cc1cccc(C(=O)c2ccc(CN)o2)c1C. The first-order chi connectivity index (χ1) is 8.13. The van der Waals surface area contributed by atoms with E-state index in [-0.39, 0.29) is 5.78 Å². The van der Waals surface area contributed by atoms with E-state index in [4.69, 9.17) is 10.2 Å². The van der Waals surface area contributed by atoms with E-state index in [2.05, 4.69) is 0 Å². The second-order valence-corrected chi connectivity index (χ2v) is 4.05. The third-order valence-electron chi connectivity index (χ3n) is 2.94. The number of rotatable bonds is 3. The fourth-order valence-corrected chi connectivity index (χ4v) is 1.74. The maximum Gasteiger partial charge on any atom is 0.228 e. The van der Waals surface area contributed by atoms with Crippen LogP contribution in [0.15, 0.2) is 34.7 Å². The molecule has 1 heterocycles. The average molecular weight is 229 g/mol. The highest BCUT2D eigenvalue weighted by atomic mass is 16.3. The summed E-state index contributed by atoms with van der Waals surface area (Å²) in [5, 5.41) is 0. The number of carbonyl (C=O) groups excluding carboxylic acids is 1. The summed E-state index contributed by atoms with van der Waals surface area (Å²) in [4.78, 5) is 12.2. The summed E-state index contributed by atoms with van der Waals surface area (Å²) in [6.07, 6.45) is 0. The van der Waals surface area contributed by atoms with E-state index in [1.807, 2.05) is 32.0 Å². The van der Waals surface area contributed by atoms with Crippen LogP contribution in [-0.2, 0) is 6.54 Å². The van der Waals surface area contributed by atoms with Crippen LogP contribution in [0.25, 0.3) is 0 Å². The van der Waals surface area contributed by atoms with Gasteiger partial charge in [0, 0.05) is 5.56 Å². The summed E-state index contributed by atoms with van der Waals surface area (Å²) in [5.74, 6) is 0.878. The van der Waals surface area contributed by atoms with Gasteiger partial charge in [-0.25, -0.2) is 0 Å². The van der Waals surface area contributed by atoms with E-state index in [0.29, 0.717) is 23.6 Å². The minimum atomic E-state index is -0.0918. The molecule has 0 aliphatic rings. The standard InChI is InChI=1S/C14H15NO2/c1-9-4-3-5-12(10(9)2)14(16)13-7-6-11(8-15)17-13/h3-7H,8,15H2,1-2H3. The summed E-state index contributed by atoms with van der Waals surface area (Å²) in [6.45, 7) is 4.23. The largest absolute Gasteiger partial charge is 0.456 e. The molecule has 0 aliphatic heterocycles. The monoisotopic (exact) mass is 229 g/mol. The normalized spacial score (nSPS) is 10.5. The molecule has 2 rings (SSSR count). The third-order valence-corrected chi connectivity index (χ3v) is 2.94.